The molecule has 1 amide bonds. The predicted octanol–water partition coefficient (Wildman–Crippen LogP) is 3.70. The van der Waals surface area contributed by atoms with Crippen LogP contribution in [-0.4, -0.2) is 34.8 Å². The van der Waals surface area contributed by atoms with Gasteiger partial charge in [-0.2, -0.15) is 0 Å². The second kappa shape index (κ2) is 6.05. The number of ether oxygens (including phenoxy) is 1. The predicted molar refractivity (Wildman–Crippen MR) is 82.3 cm³/mol. The van der Waals surface area contributed by atoms with Crippen molar-refractivity contribution in [1.82, 2.24) is 4.90 Å². The molecular weight excluding hydrogens is 309 g/mol. The van der Waals surface area contributed by atoms with Gasteiger partial charge in [0, 0.05) is 18.1 Å². The topological polar surface area (TPSA) is 49.8 Å². The molecule has 0 spiro atoms. The van der Waals surface area contributed by atoms with Crippen LogP contribution in [0.25, 0.3) is 0 Å². The number of likely N-dealkylation sites (tertiary alicyclic amines) is 1. The highest BCUT2D eigenvalue weighted by Crippen LogP contribution is 2.34. The van der Waals surface area contributed by atoms with Gasteiger partial charge in [-0.25, -0.2) is 9.18 Å². The maximum Gasteiger partial charge on any atom is 0.410 e. The fraction of sp³-hybridized carbons (Fsp3) is 0.562. The Labute approximate surface area is 134 Å². The van der Waals surface area contributed by atoms with Gasteiger partial charge >= 0.3 is 6.09 Å². The molecule has 1 fully saturated rings. The van der Waals surface area contributed by atoms with Crippen LogP contribution in [0.2, 0.25) is 5.02 Å². The van der Waals surface area contributed by atoms with Gasteiger partial charge in [0.15, 0.2) is 0 Å². The number of hydrogen-bond donors (Lipinski definition) is 1. The average molecular weight is 330 g/mol. The second-order valence-electron chi connectivity index (χ2n) is 6.66. The molecule has 1 aliphatic rings. The number of halogens is 2. The van der Waals surface area contributed by atoms with Crippen LogP contribution in [0.1, 0.15) is 39.2 Å². The maximum absolute atomic E-state index is 13.5. The highest BCUT2D eigenvalue weighted by molar-refractivity contribution is 6.30. The maximum atomic E-state index is 13.5. The van der Waals surface area contributed by atoms with Gasteiger partial charge in [-0.1, -0.05) is 11.6 Å². The number of benzene rings is 1. The number of carbonyl (C=O) groups is 1. The van der Waals surface area contributed by atoms with Crippen molar-refractivity contribution in [3.63, 3.8) is 0 Å². The van der Waals surface area contributed by atoms with E-state index in [-0.39, 0.29) is 5.02 Å². The second-order valence-corrected chi connectivity index (χ2v) is 7.09. The summed E-state index contributed by atoms with van der Waals surface area (Å²) in [5.41, 5.74) is -1.29. The van der Waals surface area contributed by atoms with E-state index in [9.17, 15) is 14.3 Å². The zero-order valence-corrected chi connectivity index (χ0v) is 13.8. The number of piperidine rings is 1. The summed E-state index contributed by atoms with van der Waals surface area (Å²) in [5.74, 6) is -0.481. The summed E-state index contributed by atoms with van der Waals surface area (Å²) in [7, 11) is 0. The van der Waals surface area contributed by atoms with E-state index >= 15 is 0 Å². The summed E-state index contributed by atoms with van der Waals surface area (Å²) < 4.78 is 18.8. The van der Waals surface area contributed by atoms with Crippen LogP contribution >= 0.6 is 11.6 Å². The van der Waals surface area contributed by atoms with E-state index in [0.29, 0.717) is 31.5 Å². The lowest BCUT2D eigenvalue weighted by atomic mass is 9.84. The molecule has 0 unspecified atom stereocenters. The molecule has 122 valence electrons. The summed E-state index contributed by atoms with van der Waals surface area (Å²) in [4.78, 5) is 13.6. The van der Waals surface area contributed by atoms with Gasteiger partial charge in [0.25, 0.3) is 0 Å². The third-order valence-electron chi connectivity index (χ3n) is 3.64. The molecule has 0 aliphatic carbocycles. The average Bonchev–Trinajstić information content (AvgIpc) is 2.36. The number of rotatable bonds is 1. The molecule has 0 radical (unpaired) electrons. The quantitative estimate of drug-likeness (QED) is 0.854. The van der Waals surface area contributed by atoms with Gasteiger partial charge in [0.05, 0.1) is 5.60 Å². The van der Waals surface area contributed by atoms with E-state index < -0.39 is 23.1 Å². The summed E-state index contributed by atoms with van der Waals surface area (Å²) in [6, 6.07) is 4.05. The fourth-order valence-electron chi connectivity index (χ4n) is 2.50. The number of hydrogen-bond acceptors (Lipinski definition) is 3. The van der Waals surface area contributed by atoms with Gasteiger partial charge in [0.2, 0.25) is 0 Å². The molecule has 6 heteroatoms. The number of amides is 1. The van der Waals surface area contributed by atoms with Crippen LogP contribution in [0.4, 0.5) is 9.18 Å². The minimum atomic E-state index is -1.18. The van der Waals surface area contributed by atoms with Crippen molar-refractivity contribution in [1.29, 1.82) is 0 Å². The minimum Gasteiger partial charge on any atom is -0.444 e. The molecule has 0 atom stereocenters. The van der Waals surface area contributed by atoms with Gasteiger partial charge in [-0.15, -0.1) is 0 Å². The first-order valence-electron chi connectivity index (χ1n) is 7.26. The largest absolute Gasteiger partial charge is 0.444 e. The Morgan fingerprint density at radius 3 is 2.41 bits per heavy atom. The molecule has 0 bridgehead atoms. The van der Waals surface area contributed by atoms with Crippen molar-refractivity contribution in [2.24, 2.45) is 0 Å². The van der Waals surface area contributed by atoms with Crippen molar-refractivity contribution in [2.45, 2.75) is 44.8 Å². The molecule has 2 rings (SSSR count). The lowest BCUT2D eigenvalue weighted by Gasteiger charge is -2.39. The Hall–Kier alpha value is -1.33. The van der Waals surface area contributed by atoms with Gasteiger partial charge in [-0.3, -0.25) is 0 Å². The van der Waals surface area contributed by atoms with Crippen molar-refractivity contribution in [3.05, 3.63) is 34.6 Å². The normalized spacial score (nSPS) is 18.2. The van der Waals surface area contributed by atoms with Crippen LogP contribution in [0.5, 0.6) is 0 Å². The monoisotopic (exact) mass is 329 g/mol. The lowest BCUT2D eigenvalue weighted by Crippen LogP contribution is -2.46. The first kappa shape index (κ1) is 17.0. The number of aliphatic hydroxyl groups is 1. The molecule has 0 saturated carbocycles. The zero-order chi connectivity index (χ0) is 16.5. The fourth-order valence-corrected chi connectivity index (χ4v) is 2.72. The Morgan fingerprint density at radius 1 is 1.32 bits per heavy atom. The summed E-state index contributed by atoms with van der Waals surface area (Å²) in [6.45, 7) is 6.11. The molecule has 1 N–H and O–H groups in total. The molecule has 4 nitrogen and oxygen atoms in total. The minimum absolute atomic E-state index is 0.248. The highest BCUT2D eigenvalue weighted by Gasteiger charge is 2.37. The van der Waals surface area contributed by atoms with E-state index in [2.05, 4.69) is 0 Å². The SMILES string of the molecule is CC(C)(C)OC(=O)N1CCC(O)(c2cc(F)cc(Cl)c2)CC1. The van der Waals surface area contributed by atoms with Crippen molar-refractivity contribution >= 4 is 17.7 Å². The molecule has 0 aromatic heterocycles. The summed E-state index contributed by atoms with van der Waals surface area (Å²) in [5, 5.41) is 11.0. The van der Waals surface area contributed by atoms with E-state index in [1.165, 1.54) is 12.1 Å². The molecular formula is C16H21ClFNO3. The zero-order valence-electron chi connectivity index (χ0n) is 13.0. The van der Waals surface area contributed by atoms with Gasteiger partial charge in [-0.05, 0) is 57.4 Å². The van der Waals surface area contributed by atoms with Crippen LogP contribution < -0.4 is 0 Å². The first-order chi connectivity index (χ1) is 10.1. The lowest BCUT2D eigenvalue weighted by molar-refractivity contribution is -0.0358. The molecule has 1 aliphatic heterocycles. The molecule has 1 saturated heterocycles. The summed E-state index contributed by atoms with van der Waals surface area (Å²) in [6.07, 6.45) is 0.227. The third kappa shape index (κ3) is 4.11. The number of nitrogens with zero attached hydrogens (tertiary/aromatic N) is 1. The van der Waals surface area contributed by atoms with Crippen molar-refractivity contribution in [2.75, 3.05) is 13.1 Å². The van der Waals surface area contributed by atoms with E-state index in [1.54, 1.807) is 31.7 Å². The van der Waals surface area contributed by atoms with E-state index in [0.717, 1.165) is 0 Å². The Morgan fingerprint density at radius 2 is 1.91 bits per heavy atom. The standard InChI is InChI=1S/C16H21ClFNO3/c1-15(2,3)22-14(20)19-6-4-16(21,5-7-19)11-8-12(17)10-13(18)9-11/h8-10,21H,4-7H2,1-3H3. The highest BCUT2D eigenvalue weighted by atomic mass is 35.5. The van der Waals surface area contributed by atoms with E-state index in [1.807, 2.05) is 0 Å². The van der Waals surface area contributed by atoms with Crippen LogP contribution in [-0.2, 0) is 10.3 Å². The Balaban J connectivity index is 2.06. The summed E-state index contributed by atoms with van der Waals surface area (Å²) >= 11 is 5.85. The van der Waals surface area contributed by atoms with Crippen LogP contribution in [0.15, 0.2) is 18.2 Å². The first-order valence-corrected chi connectivity index (χ1v) is 7.64. The van der Waals surface area contributed by atoms with Crippen molar-refractivity contribution < 1.29 is 19.0 Å². The molecule has 22 heavy (non-hydrogen) atoms. The van der Waals surface area contributed by atoms with Gasteiger partial charge in [0.1, 0.15) is 11.4 Å². The molecule has 1 aromatic rings. The van der Waals surface area contributed by atoms with Gasteiger partial charge < -0.3 is 14.7 Å². The number of carbonyl (C=O) groups excluding carboxylic acids is 1. The van der Waals surface area contributed by atoms with Crippen molar-refractivity contribution in [3.8, 4) is 0 Å². The Kier molecular flexibility index (Phi) is 4.68. The van der Waals surface area contributed by atoms with E-state index in [4.69, 9.17) is 16.3 Å². The molecule has 1 heterocycles. The van der Waals surface area contributed by atoms with Crippen LogP contribution in [0, 0.1) is 5.82 Å². The smallest absolute Gasteiger partial charge is 0.410 e. The Bertz CT molecular complexity index is 543. The third-order valence-corrected chi connectivity index (χ3v) is 3.86. The van der Waals surface area contributed by atoms with Crippen LogP contribution in [0.3, 0.4) is 0 Å². The molecule has 1 aromatic carbocycles.